The third-order valence-electron chi connectivity index (χ3n) is 5.57. The summed E-state index contributed by atoms with van der Waals surface area (Å²) in [6.45, 7) is 13.8. The Morgan fingerprint density at radius 1 is 0.828 bits per heavy atom. The van der Waals surface area contributed by atoms with Gasteiger partial charge in [-0.25, -0.2) is 0 Å². The molecule has 0 bridgehead atoms. The zero-order chi connectivity index (χ0) is 21.1. The molecule has 0 aliphatic rings. The van der Waals surface area contributed by atoms with E-state index in [2.05, 4.69) is 76.7 Å². The second-order valence-corrected chi connectivity index (χ2v) is 9.10. The first-order chi connectivity index (χ1) is 14.0. The topological polar surface area (TPSA) is 9.23 Å². The molecule has 2 aromatic carbocycles. The Bertz CT molecular complexity index is 734. The van der Waals surface area contributed by atoms with Gasteiger partial charge in [0, 0.05) is 0 Å². The highest BCUT2D eigenvalue weighted by molar-refractivity contribution is 5.76. The van der Waals surface area contributed by atoms with E-state index in [1.807, 2.05) is 6.08 Å². The van der Waals surface area contributed by atoms with Crippen LogP contribution in [0.3, 0.4) is 0 Å². The molecule has 0 radical (unpaired) electrons. The lowest BCUT2D eigenvalue weighted by atomic mass is 9.86. The first-order valence-electron chi connectivity index (χ1n) is 11.5. The zero-order valence-electron chi connectivity index (χ0n) is 19.1. The first kappa shape index (κ1) is 23.3. The van der Waals surface area contributed by atoms with Gasteiger partial charge in [-0.15, -0.1) is 0 Å². The predicted octanol–water partition coefficient (Wildman–Crippen LogP) is 8.81. The normalized spacial score (nSPS) is 11.4. The van der Waals surface area contributed by atoms with Crippen LogP contribution in [0, 0.1) is 0 Å². The van der Waals surface area contributed by atoms with E-state index in [0.29, 0.717) is 0 Å². The average Bonchev–Trinajstić information content (AvgIpc) is 2.72. The fourth-order valence-corrected chi connectivity index (χ4v) is 3.64. The highest BCUT2D eigenvalue weighted by atomic mass is 16.5. The number of rotatable bonds is 12. The van der Waals surface area contributed by atoms with Gasteiger partial charge < -0.3 is 4.74 Å². The molecule has 0 saturated carbocycles. The van der Waals surface area contributed by atoms with Gasteiger partial charge >= 0.3 is 0 Å². The lowest BCUT2D eigenvalue weighted by Gasteiger charge is -2.19. The highest BCUT2D eigenvalue weighted by Gasteiger charge is 2.13. The monoisotopic (exact) mass is 392 g/mol. The molecule has 0 saturated heterocycles. The van der Waals surface area contributed by atoms with E-state index < -0.39 is 0 Å². The van der Waals surface area contributed by atoms with Gasteiger partial charge in [0.2, 0.25) is 0 Å². The van der Waals surface area contributed by atoms with Crippen LogP contribution in [-0.4, -0.2) is 6.61 Å². The smallest absolute Gasteiger partial charge is 0.119 e. The molecular formula is C28H40O. The summed E-state index contributed by atoms with van der Waals surface area (Å²) >= 11 is 0. The second-order valence-electron chi connectivity index (χ2n) is 9.10. The minimum absolute atomic E-state index is 0.174. The molecule has 0 spiro atoms. The number of benzene rings is 2. The molecule has 1 heteroatoms. The summed E-state index contributed by atoms with van der Waals surface area (Å²) in [5.74, 6) is 0.943. The van der Waals surface area contributed by atoms with E-state index in [4.69, 9.17) is 4.74 Å². The van der Waals surface area contributed by atoms with Gasteiger partial charge in [0.25, 0.3) is 0 Å². The van der Waals surface area contributed by atoms with Gasteiger partial charge in [-0.3, -0.25) is 0 Å². The maximum atomic E-state index is 6.00. The Morgan fingerprint density at radius 3 is 2.03 bits per heavy atom. The Kier molecular flexibility index (Phi) is 9.51. The van der Waals surface area contributed by atoms with Crippen LogP contribution in [0.4, 0.5) is 0 Å². The van der Waals surface area contributed by atoms with E-state index in [1.165, 1.54) is 61.6 Å². The van der Waals surface area contributed by atoms with Crippen LogP contribution in [-0.2, 0) is 5.41 Å². The summed E-state index contributed by atoms with van der Waals surface area (Å²) < 4.78 is 6.00. The lowest BCUT2D eigenvalue weighted by molar-refractivity contribution is 0.304. The van der Waals surface area contributed by atoms with Crippen LogP contribution in [0.25, 0.3) is 17.2 Å². The Balaban J connectivity index is 1.86. The third kappa shape index (κ3) is 7.72. The molecule has 0 amide bonds. The standard InChI is InChI=1S/C28H40O/c1-6-8-9-10-11-12-13-14-21-29-26-19-20-27(23(7-2)22-26)24-15-17-25(18-16-24)28(3,4)5/h7,15-20,22H,2,6,8-14,21H2,1,3-5H3. The molecule has 29 heavy (non-hydrogen) atoms. The van der Waals surface area contributed by atoms with E-state index in [9.17, 15) is 0 Å². The van der Waals surface area contributed by atoms with Gasteiger partial charge in [-0.05, 0) is 46.2 Å². The number of ether oxygens (including phenoxy) is 1. The Labute approximate surface area is 179 Å². The molecule has 1 nitrogen and oxygen atoms in total. The molecule has 0 fully saturated rings. The van der Waals surface area contributed by atoms with Crippen LogP contribution in [0.1, 0.15) is 90.2 Å². The first-order valence-corrected chi connectivity index (χ1v) is 11.5. The van der Waals surface area contributed by atoms with Crippen molar-refractivity contribution >= 4 is 6.08 Å². The van der Waals surface area contributed by atoms with Gasteiger partial charge in [0.05, 0.1) is 6.61 Å². The minimum Gasteiger partial charge on any atom is -0.494 e. The van der Waals surface area contributed by atoms with Gasteiger partial charge in [-0.1, -0.05) is 116 Å². The molecule has 0 atom stereocenters. The molecule has 0 aromatic heterocycles. The summed E-state index contributed by atoms with van der Waals surface area (Å²) in [6, 6.07) is 15.2. The van der Waals surface area contributed by atoms with Crippen molar-refractivity contribution in [3.05, 3.63) is 60.2 Å². The molecule has 0 N–H and O–H groups in total. The zero-order valence-corrected chi connectivity index (χ0v) is 19.1. The van der Waals surface area contributed by atoms with Crippen LogP contribution in [0.2, 0.25) is 0 Å². The minimum atomic E-state index is 0.174. The summed E-state index contributed by atoms with van der Waals surface area (Å²) in [7, 11) is 0. The van der Waals surface area contributed by atoms with Crippen LogP contribution in [0.15, 0.2) is 49.0 Å². The number of hydrogen-bond donors (Lipinski definition) is 0. The van der Waals surface area contributed by atoms with Crippen molar-refractivity contribution in [1.82, 2.24) is 0 Å². The van der Waals surface area contributed by atoms with Crippen molar-refractivity contribution < 1.29 is 4.74 Å². The van der Waals surface area contributed by atoms with Crippen molar-refractivity contribution in [3.63, 3.8) is 0 Å². The fraction of sp³-hybridized carbons (Fsp3) is 0.500. The lowest BCUT2D eigenvalue weighted by Crippen LogP contribution is -2.10. The van der Waals surface area contributed by atoms with E-state index >= 15 is 0 Å². The van der Waals surface area contributed by atoms with Crippen LogP contribution >= 0.6 is 0 Å². The molecule has 158 valence electrons. The maximum absolute atomic E-state index is 6.00. The van der Waals surface area contributed by atoms with Crippen LogP contribution in [0.5, 0.6) is 5.75 Å². The van der Waals surface area contributed by atoms with E-state index in [-0.39, 0.29) is 5.41 Å². The SMILES string of the molecule is C=Cc1cc(OCCCCCCCCCC)ccc1-c1ccc(C(C)(C)C)cc1. The molecule has 0 aliphatic heterocycles. The average molecular weight is 393 g/mol. The van der Waals surface area contributed by atoms with Crippen LogP contribution < -0.4 is 4.74 Å². The van der Waals surface area contributed by atoms with E-state index in [0.717, 1.165) is 24.3 Å². The quantitative estimate of drug-likeness (QED) is 0.328. The summed E-state index contributed by atoms with van der Waals surface area (Å²) in [5.41, 5.74) is 5.09. The van der Waals surface area contributed by atoms with E-state index in [1.54, 1.807) is 0 Å². The largest absolute Gasteiger partial charge is 0.494 e. The molecule has 2 rings (SSSR count). The maximum Gasteiger partial charge on any atom is 0.119 e. The van der Waals surface area contributed by atoms with Gasteiger partial charge in [0.1, 0.15) is 5.75 Å². The fourth-order valence-electron chi connectivity index (χ4n) is 3.64. The number of hydrogen-bond acceptors (Lipinski definition) is 1. The van der Waals surface area contributed by atoms with Gasteiger partial charge in [0.15, 0.2) is 0 Å². The van der Waals surface area contributed by atoms with Gasteiger partial charge in [-0.2, -0.15) is 0 Å². The Morgan fingerprint density at radius 2 is 1.45 bits per heavy atom. The van der Waals surface area contributed by atoms with Crippen molar-refractivity contribution in [3.8, 4) is 16.9 Å². The summed E-state index contributed by atoms with van der Waals surface area (Å²) in [4.78, 5) is 0. The Hall–Kier alpha value is -2.02. The third-order valence-corrected chi connectivity index (χ3v) is 5.57. The highest BCUT2D eigenvalue weighted by Crippen LogP contribution is 2.31. The molecule has 2 aromatic rings. The molecule has 0 heterocycles. The summed E-state index contributed by atoms with van der Waals surface area (Å²) in [5, 5.41) is 0. The van der Waals surface area contributed by atoms with Crippen molar-refractivity contribution in [2.75, 3.05) is 6.61 Å². The molecular weight excluding hydrogens is 352 g/mol. The molecule has 0 aliphatic carbocycles. The summed E-state index contributed by atoms with van der Waals surface area (Å²) in [6.07, 6.45) is 12.5. The molecule has 0 unspecified atom stereocenters. The second kappa shape index (κ2) is 11.9. The van der Waals surface area contributed by atoms with Crippen molar-refractivity contribution in [1.29, 1.82) is 0 Å². The number of unbranched alkanes of at least 4 members (excludes halogenated alkanes) is 7. The predicted molar refractivity (Wildman–Crippen MR) is 129 cm³/mol. The van der Waals surface area contributed by atoms with Crippen molar-refractivity contribution in [2.24, 2.45) is 0 Å². The van der Waals surface area contributed by atoms with Crippen molar-refractivity contribution in [2.45, 2.75) is 84.5 Å².